The van der Waals surface area contributed by atoms with Crippen LogP contribution in [0.4, 0.5) is 5.69 Å². The fraction of sp³-hybridized carbons (Fsp3) is 0.182. The van der Waals surface area contributed by atoms with E-state index in [1.54, 1.807) is 0 Å². The summed E-state index contributed by atoms with van der Waals surface area (Å²) in [5.74, 6) is -0.567. The van der Waals surface area contributed by atoms with Crippen molar-refractivity contribution >= 4 is 21.3 Å². The van der Waals surface area contributed by atoms with E-state index in [2.05, 4.69) is 16.8 Å². The van der Waals surface area contributed by atoms with Crippen LogP contribution in [0.25, 0.3) is 0 Å². The fourth-order valence-electron chi connectivity index (χ4n) is 1.14. The first-order chi connectivity index (χ1) is 7.89. The minimum atomic E-state index is -3.79. The Morgan fingerprint density at radius 1 is 1.22 bits per heavy atom. The molecule has 0 aliphatic rings. The smallest absolute Gasteiger partial charge is 0.209 e. The van der Waals surface area contributed by atoms with Crippen molar-refractivity contribution < 1.29 is 18.7 Å². The van der Waals surface area contributed by atoms with Gasteiger partial charge in [-0.05, 0) is 31.2 Å². The third kappa shape index (κ3) is 3.31. The summed E-state index contributed by atoms with van der Waals surface area (Å²) in [6.07, 6.45) is 0. The predicted octanol–water partition coefficient (Wildman–Crippen LogP) is 1.45. The van der Waals surface area contributed by atoms with Crippen LogP contribution in [0.3, 0.4) is 0 Å². The van der Waals surface area contributed by atoms with Crippen LogP contribution in [0.5, 0.6) is 0 Å². The number of Topliss-reactive ketones (excluding diaryl/α,β-unsaturated/α-hetero) is 1. The molecule has 0 bridgehead atoms. The number of carbonyl (C=O) groups is 1. The Balaban J connectivity index is 0.00000289. The summed E-state index contributed by atoms with van der Waals surface area (Å²) >= 11 is 0. The molecule has 0 aromatic heterocycles. The molecule has 1 rings (SSSR count). The highest BCUT2D eigenvalue weighted by Crippen LogP contribution is 2.21. The van der Waals surface area contributed by atoms with E-state index in [9.17, 15) is 13.2 Å². The minimum Gasteiger partial charge on any atom is -0.412 e. The molecule has 7 heteroatoms. The van der Waals surface area contributed by atoms with Crippen LogP contribution in [0.15, 0.2) is 50.9 Å². The highest BCUT2D eigenvalue weighted by atomic mass is 32.2. The number of benzene rings is 1. The number of hydrogen-bond donors (Lipinski definition) is 0. The lowest BCUT2D eigenvalue weighted by atomic mass is 10.3. The zero-order valence-electron chi connectivity index (χ0n) is 10.0. The van der Waals surface area contributed by atoms with Crippen LogP contribution in [-0.2, 0) is 14.6 Å². The molecule has 0 saturated heterocycles. The van der Waals surface area contributed by atoms with Crippen molar-refractivity contribution in [2.75, 3.05) is 7.05 Å². The van der Waals surface area contributed by atoms with Gasteiger partial charge in [-0.25, -0.2) is 8.42 Å². The monoisotopic (exact) mass is 270 g/mol. The molecule has 1 aromatic rings. The van der Waals surface area contributed by atoms with Crippen molar-refractivity contribution in [3.63, 3.8) is 0 Å². The van der Waals surface area contributed by atoms with Gasteiger partial charge in [-0.1, -0.05) is 6.58 Å². The first-order valence-corrected chi connectivity index (χ1v) is 6.22. The van der Waals surface area contributed by atoms with Crippen LogP contribution in [0.1, 0.15) is 6.92 Å². The highest BCUT2D eigenvalue weighted by molar-refractivity contribution is 7.96. The Morgan fingerprint density at radius 3 is 2.11 bits per heavy atom. The molecule has 0 atom stereocenters. The fourth-order valence-corrected chi connectivity index (χ4v) is 2.30. The molecule has 18 heavy (non-hydrogen) atoms. The standard InChI is InChI=1S/C11H12N2O3S.H2O/c1-8(14)9(2)17(15,16)11-6-4-10(5-7-11)13-12-3;/h4-7H,2H2,1,3H3;1H2. The van der Waals surface area contributed by atoms with Crippen molar-refractivity contribution in [3.8, 4) is 0 Å². The largest absolute Gasteiger partial charge is 0.412 e. The summed E-state index contributed by atoms with van der Waals surface area (Å²) < 4.78 is 23.7. The Kier molecular flexibility index (Phi) is 5.54. The molecule has 98 valence electrons. The van der Waals surface area contributed by atoms with Crippen molar-refractivity contribution in [2.45, 2.75) is 11.8 Å². The van der Waals surface area contributed by atoms with E-state index in [0.29, 0.717) is 5.69 Å². The lowest BCUT2D eigenvalue weighted by Gasteiger charge is -2.04. The SMILES string of the molecule is C=C(C(C)=O)S(=O)(=O)c1ccc(N=NC)cc1.O. The third-order valence-electron chi connectivity index (χ3n) is 2.08. The number of nitrogens with zero attached hydrogens (tertiary/aromatic N) is 2. The number of carbonyl (C=O) groups excluding carboxylic acids is 1. The second kappa shape index (κ2) is 6.18. The number of ketones is 1. The van der Waals surface area contributed by atoms with Gasteiger partial charge >= 0.3 is 0 Å². The molecule has 0 radical (unpaired) electrons. The highest BCUT2D eigenvalue weighted by Gasteiger charge is 2.21. The summed E-state index contributed by atoms with van der Waals surface area (Å²) in [6.45, 7) is 4.45. The van der Waals surface area contributed by atoms with E-state index in [1.807, 2.05) is 0 Å². The molecule has 0 aliphatic carbocycles. The lowest BCUT2D eigenvalue weighted by Crippen LogP contribution is -2.09. The van der Waals surface area contributed by atoms with Crippen LogP contribution < -0.4 is 0 Å². The summed E-state index contributed by atoms with van der Waals surface area (Å²) in [6, 6.07) is 5.75. The number of hydrogen-bond acceptors (Lipinski definition) is 5. The maximum absolute atomic E-state index is 11.9. The van der Waals surface area contributed by atoms with Crippen LogP contribution >= 0.6 is 0 Å². The van der Waals surface area contributed by atoms with Crippen LogP contribution in [0, 0.1) is 0 Å². The maximum atomic E-state index is 11.9. The summed E-state index contributed by atoms with van der Waals surface area (Å²) in [7, 11) is -2.27. The number of azo groups is 1. The van der Waals surface area contributed by atoms with E-state index in [4.69, 9.17) is 0 Å². The Morgan fingerprint density at radius 2 is 1.72 bits per heavy atom. The second-order valence-corrected chi connectivity index (χ2v) is 5.25. The van der Waals surface area contributed by atoms with Gasteiger partial charge in [-0.15, -0.1) is 0 Å². The first-order valence-electron chi connectivity index (χ1n) is 4.74. The van der Waals surface area contributed by atoms with Gasteiger partial charge < -0.3 is 5.48 Å². The number of rotatable bonds is 4. The molecule has 0 unspecified atom stereocenters. The van der Waals surface area contributed by atoms with Gasteiger partial charge in [-0.2, -0.15) is 10.2 Å². The molecule has 0 aliphatic heterocycles. The van der Waals surface area contributed by atoms with Crippen molar-refractivity contribution in [2.24, 2.45) is 10.2 Å². The van der Waals surface area contributed by atoms with Gasteiger partial charge in [0.2, 0.25) is 9.84 Å². The van der Waals surface area contributed by atoms with Gasteiger partial charge in [0.15, 0.2) is 5.78 Å². The number of allylic oxidation sites excluding steroid dienone is 1. The van der Waals surface area contributed by atoms with E-state index < -0.39 is 20.5 Å². The first kappa shape index (κ1) is 16.1. The van der Waals surface area contributed by atoms with Crippen molar-refractivity contribution in [1.82, 2.24) is 0 Å². The molecule has 0 spiro atoms. The van der Waals surface area contributed by atoms with Gasteiger partial charge in [0.1, 0.15) is 4.91 Å². The van der Waals surface area contributed by atoms with E-state index >= 15 is 0 Å². The van der Waals surface area contributed by atoms with Crippen molar-refractivity contribution in [3.05, 3.63) is 35.7 Å². The van der Waals surface area contributed by atoms with Gasteiger partial charge in [0, 0.05) is 7.05 Å². The zero-order chi connectivity index (χ0) is 13.1. The average Bonchev–Trinajstić information content (AvgIpc) is 2.29. The third-order valence-corrected chi connectivity index (χ3v) is 3.91. The molecule has 1 aromatic carbocycles. The predicted molar refractivity (Wildman–Crippen MR) is 67.5 cm³/mol. The molecular weight excluding hydrogens is 256 g/mol. The summed E-state index contributed by atoms with van der Waals surface area (Å²) in [4.78, 5) is 10.6. The molecule has 0 amide bonds. The zero-order valence-corrected chi connectivity index (χ0v) is 10.9. The van der Waals surface area contributed by atoms with E-state index in [-0.39, 0.29) is 10.4 Å². The van der Waals surface area contributed by atoms with Crippen LogP contribution in [-0.4, -0.2) is 26.7 Å². The Bertz CT molecular complexity index is 574. The van der Waals surface area contributed by atoms with E-state index in [1.165, 1.54) is 38.2 Å². The normalized spacial score (nSPS) is 11.0. The van der Waals surface area contributed by atoms with E-state index in [0.717, 1.165) is 0 Å². The summed E-state index contributed by atoms with van der Waals surface area (Å²) in [5.41, 5.74) is 0.542. The quantitative estimate of drug-likeness (QED) is 0.610. The average molecular weight is 270 g/mol. The molecule has 0 fully saturated rings. The Labute approximate surface area is 105 Å². The molecule has 0 saturated carbocycles. The molecule has 2 N–H and O–H groups in total. The number of sulfone groups is 1. The maximum Gasteiger partial charge on any atom is 0.209 e. The topological polar surface area (TPSA) is 107 Å². The molecular formula is C11H14N2O4S. The Hall–Kier alpha value is -1.86. The lowest BCUT2D eigenvalue weighted by molar-refractivity contribution is -0.113. The second-order valence-electron chi connectivity index (χ2n) is 3.28. The summed E-state index contributed by atoms with van der Waals surface area (Å²) in [5, 5.41) is 7.32. The molecule has 6 nitrogen and oxygen atoms in total. The van der Waals surface area contributed by atoms with Gasteiger partial charge in [0.25, 0.3) is 0 Å². The van der Waals surface area contributed by atoms with Gasteiger partial charge in [-0.3, -0.25) is 4.79 Å². The van der Waals surface area contributed by atoms with Crippen molar-refractivity contribution in [1.29, 1.82) is 0 Å². The van der Waals surface area contributed by atoms with Crippen LogP contribution in [0.2, 0.25) is 0 Å². The molecule has 0 heterocycles. The van der Waals surface area contributed by atoms with Gasteiger partial charge in [0.05, 0.1) is 10.6 Å². The minimum absolute atomic E-state index is 0.